The molecule has 0 unspecified atom stereocenters. The highest BCUT2D eigenvalue weighted by Crippen LogP contribution is 2.29. The summed E-state index contributed by atoms with van der Waals surface area (Å²) in [4.78, 5) is -0.513. The van der Waals surface area contributed by atoms with Crippen LogP contribution in [0.1, 0.15) is 12.8 Å². The molecule has 118 valence electrons. The van der Waals surface area contributed by atoms with Gasteiger partial charge in [0.05, 0.1) is 0 Å². The van der Waals surface area contributed by atoms with Crippen molar-refractivity contribution >= 4 is 10.0 Å². The van der Waals surface area contributed by atoms with Crippen molar-refractivity contribution in [2.75, 3.05) is 13.1 Å². The van der Waals surface area contributed by atoms with E-state index < -0.39 is 27.0 Å². The lowest BCUT2D eigenvalue weighted by molar-refractivity contribution is -0.275. The van der Waals surface area contributed by atoms with E-state index in [-0.39, 0.29) is 6.04 Å². The Morgan fingerprint density at radius 2 is 1.81 bits per heavy atom. The van der Waals surface area contributed by atoms with Crippen LogP contribution in [0.3, 0.4) is 0 Å². The zero-order valence-corrected chi connectivity index (χ0v) is 11.8. The Balaban J connectivity index is 2.23. The van der Waals surface area contributed by atoms with Gasteiger partial charge in [0.1, 0.15) is 10.6 Å². The fourth-order valence-corrected chi connectivity index (χ4v) is 3.54. The number of hydrogen-bond donors (Lipinski definition) is 2. The summed E-state index contributed by atoms with van der Waals surface area (Å²) >= 11 is 0. The van der Waals surface area contributed by atoms with Crippen molar-refractivity contribution in [3.05, 3.63) is 24.3 Å². The second-order valence-electron chi connectivity index (χ2n) is 4.64. The second kappa shape index (κ2) is 6.20. The molecule has 5 nitrogen and oxygen atoms in total. The van der Waals surface area contributed by atoms with Crippen LogP contribution in [0.4, 0.5) is 13.2 Å². The van der Waals surface area contributed by atoms with Crippen LogP contribution in [0.25, 0.3) is 0 Å². The highest BCUT2D eigenvalue weighted by atomic mass is 32.2. The minimum absolute atomic E-state index is 0.296. The molecule has 0 spiro atoms. The Hall–Kier alpha value is -1.32. The van der Waals surface area contributed by atoms with Crippen LogP contribution in [0.2, 0.25) is 0 Å². The molecule has 1 saturated heterocycles. The predicted octanol–water partition coefficient (Wildman–Crippen LogP) is 1.62. The number of halogens is 3. The molecule has 2 rings (SSSR count). The van der Waals surface area contributed by atoms with Crippen molar-refractivity contribution in [1.82, 2.24) is 10.0 Å². The number of para-hydroxylation sites is 1. The Bertz CT molecular complexity index is 584. The Morgan fingerprint density at radius 3 is 2.43 bits per heavy atom. The van der Waals surface area contributed by atoms with Crippen molar-refractivity contribution in [1.29, 1.82) is 0 Å². The number of ether oxygens (including phenoxy) is 1. The molecular weight excluding hydrogens is 309 g/mol. The van der Waals surface area contributed by atoms with E-state index in [9.17, 15) is 21.6 Å². The first kappa shape index (κ1) is 16.1. The highest BCUT2D eigenvalue weighted by Gasteiger charge is 2.34. The van der Waals surface area contributed by atoms with E-state index in [0.29, 0.717) is 25.9 Å². The standard InChI is InChI=1S/C12H15F3N2O3S/c13-12(14,15)20-10-3-1-2-4-11(10)21(18,19)17-9-5-7-16-8-6-9/h1-4,9,16-17H,5-8H2. The van der Waals surface area contributed by atoms with E-state index in [2.05, 4.69) is 14.8 Å². The summed E-state index contributed by atoms with van der Waals surface area (Å²) in [5.41, 5.74) is 0. The minimum atomic E-state index is -4.94. The van der Waals surface area contributed by atoms with Gasteiger partial charge in [-0.15, -0.1) is 13.2 Å². The lowest BCUT2D eigenvalue weighted by Gasteiger charge is -2.24. The van der Waals surface area contributed by atoms with E-state index in [1.54, 1.807) is 0 Å². The molecule has 0 aromatic heterocycles. The number of rotatable bonds is 4. The second-order valence-corrected chi connectivity index (χ2v) is 6.32. The number of sulfonamides is 1. The maximum absolute atomic E-state index is 12.3. The summed E-state index contributed by atoms with van der Waals surface area (Å²) in [5.74, 6) is -0.730. The van der Waals surface area contributed by atoms with Crippen LogP contribution in [0.5, 0.6) is 5.75 Å². The van der Waals surface area contributed by atoms with E-state index in [0.717, 1.165) is 12.1 Å². The maximum Gasteiger partial charge on any atom is 0.573 e. The zero-order chi connectivity index (χ0) is 15.5. The third kappa shape index (κ3) is 4.58. The fourth-order valence-electron chi connectivity index (χ4n) is 2.10. The van der Waals surface area contributed by atoms with Gasteiger partial charge >= 0.3 is 6.36 Å². The minimum Gasteiger partial charge on any atom is -0.404 e. The molecule has 1 aromatic carbocycles. The molecular formula is C12H15F3N2O3S. The van der Waals surface area contributed by atoms with Gasteiger partial charge in [-0.05, 0) is 38.1 Å². The molecule has 0 amide bonds. The van der Waals surface area contributed by atoms with Gasteiger partial charge in [-0.3, -0.25) is 0 Å². The third-order valence-electron chi connectivity index (χ3n) is 3.03. The molecule has 0 saturated carbocycles. The fraction of sp³-hybridized carbons (Fsp3) is 0.500. The zero-order valence-electron chi connectivity index (χ0n) is 11.0. The number of benzene rings is 1. The van der Waals surface area contributed by atoms with Crippen molar-refractivity contribution < 1.29 is 26.3 Å². The smallest absolute Gasteiger partial charge is 0.404 e. The lowest BCUT2D eigenvalue weighted by atomic mass is 10.1. The molecule has 1 fully saturated rings. The topological polar surface area (TPSA) is 67.4 Å². The normalized spacial score (nSPS) is 17.7. The van der Waals surface area contributed by atoms with E-state index in [4.69, 9.17) is 0 Å². The van der Waals surface area contributed by atoms with Gasteiger partial charge in [-0.25, -0.2) is 13.1 Å². The van der Waals surface area contributed by atoms with Gasteiger partial charge in [0, 0.05) is 6.04 Å². The summed E-state index contributed by atoms with van der Waals surface area (Å²) in [6.07, 6.45) is -3.77. The van der Waals surface area contributed by atoms with Crippen LogP contribution in [0.15, 0.2) is 29.2 Å². The van der Waals surface area contributed by atoms with Crippen LogP contribution >= 0.6 is 0 Å². The molecule has 0 atom stereocenters. The molecule has 0 radical (unpaired) electrons. The summed E-state index contributed by atoms with van der Waals surface area (Å²) in [7, 11) is -4.07. The van der Waals surface area contributed by atoms with Crippen LogP contribution in [0, 0.1) is 0 Å². The summed E-state index contributed by atoms with van der Waals surface area (Å²) in [6.45, 7) is 1.32. The number of piperidine rings is 1. The van der Waals surface area contributed by atoms with Crippen molar-refractivity contribution in [2.24, 2.45) is 0 Å². The van der Waals surface area contributed by atoms with Gasteiger partial charge in [-0.1, -0.05) is 12.1 Å². The molecule has 2 N–H and O–H groups in total. The summed E-state index contributed by atoms with van der Waals surface area (Å²) in [5, 5.41) is 3.07. The average molecular weight is 324 g/mol. The van der Waals surface area contributed by atoms with Crippen LogP contribution in [-0.4, -0.2) is 33.9 Å². The third-order valence-corrected chi connectivity index (χ3v) is 4.59. The van der Waals surface area contributed by atoms with Gasteiger partial charge in [0.2, 0.25) is 10.0 Å². The van der Waals surface area contributed by atoms with Gasteiger partial charge in [0.25, 0.3) is 0 Å². The van der Waals surface area contributed by atoms with Gasteiger partial charge in [-0.2, -0.15) is 0 Å². The van der Waals surface area contributed by atoms with Crippen LogP contribution in [-0.2, 0) is 10.0 Å². The summed E-state index contributed by atoms with van der Waals surface area (Å²) in [6, 6.07) is 4.40. The van der Waals surface area contributed by atoms with E-state index in [1.807, 2.05) is 0 Å². The van der Waals surface area contributed by atoms with Crippen molar-refractivity contribution in [2.45, 2.75) is 30.1 Å². The number of hydrogen-bond acceptors (Lipinski definition) is 4. The van der Waals surface area contributed by atoms with Gasteiger partial charge in [0.15, 0.2) is 0 Å². The number of alkyl halides is 3. The largest absolute Gasteiger partial charge is 0.573 e. The van der Waals surface area contributed by atoms with Gasteiger partial charge < -0.3 is 10.1 Å². The SMILES string of the molecule is O=S(=O)(NC1CCNCC1)c1ccccc1OC(F)(F)F. The summed E-state index contributed by atoms with van der Waals surface area (Å²) < 4.78 is 67.6. The number of nitrogens with one attached hydrogen (secondary N) is 2. The quantitative estimate of drug-likeness (QED) is 0.883. The van der Waals surface area contributed by atoms with E-state index >= 15 is 0 Å². The molecule has 9 heteroatoms. The molecule has 1 aromatic rings. The molecule has 1 heterocycles. The van der Waals surface area contributed by atoms with Crippen molar-refractivity contribution in [3.8, 4) is 5.75 Å². The van der Waals surface area contributed by atoms with E-state index in [1.165, 1.54) is 12.1 Å². The Morgan fingerprint density at radius 1 is 1.19 bits per heavy atom. The maximum atomic E-state index is 12.3. The Labute approximate surface area is 120 Å². The van der Waals surface area contributed by atoms with Crippen molar-refractivity contribution in [3.63, 3.8) is 0 Å². The first-order valence-electron chi connectivity index (χ1n) is 6.36. The molecule has 1 aliphatic heterocycles. The van der Waals surface area contributed by atoms with Crippen LogP contribution < -0.4 is 14.8 Å². The lowest BCUT2D eigenvalue weighted by Crippen LogP contribution is -2.42. The average Bonchev–Trinajstić information content (AvgIpc) is 2.38. The molecule has 1 aliphatic rings. The highest BCUT2D eigenvalue weighted by molar-refractivity contribution is 7.89. The Kier molecular flexibility index (Phi) is 4.74. The first-order valence-corrected chi connectivity index (χ1v) is 7.84. The molecule has 21 heavy (non-hydrogen) atoms. The molecule has 0 aliphatic carbocycles. The molecule has 0 bridgehead atoms. The monoisotopic (exact) mass is 324 g/mol. The first-order chi connectivity index (χ1) is 9.78. The predicted molar refractivity (Wildman–Crippen MR) is 69.3 cm³/mol.